The molecule has 0 aliphatic rings. The highest BCUT2D eigenvalue weighted by Gasteiger charge is 2.09. The zero-order chi connectivity index (χ0) is 13.1. The molecule has 0 heterocycles. The van der Waals surface area contributed by atoms with Gasteiger partial charge in [0, 0.05) is 14.2 Å². The topological polar surface area (TPSA) is 29.1 Å². The van der Waals surface area contributed by atoms with Gasteiger partial charge in [0.2, 0.25) is 0 Å². The minimum Gasteiger partial charge on any atom is -0.319 e. The lowest BCUT2D eigenvalue weighted by molar-refractivity contribution is 0.102. The molecule has 0 saturated carbocycles. The van der Waals surface area contributed by atoms with Crippen LogP contribution in [-0.4, -0.2) is 5.91 Å². The van der Waals surface area contributed by atoms with Crippen LogP contribution in [0.2, 0.25) is 5.02 Å². The Labute approximate surface area is 122 Å². The summed E-state index contributed by atoms with van der Waals surface area (Å²) >= 11 is 7.78. The van der Waals surface area contributed by atoms with E-state index in [1.807, 2.05) is 12.1 Å². The molecular formula is C13H8ClFINO. The van der Waals surface area contributed by atoms with Crippen LogP contribution in [0.5, 0.6) is 0 Å². The fourth-order valence-corrected chi connectivity index (χ4v) is 1.90. The Balaban J connectivity index is 2.18. The number of hydrogen-bond donors (Lipinski definition) is 1. The average Bonchev–Trinajstić information content (AvgIpc) is 2.33. The number of nitrogens with one attached hydrogen (secondary N) is 1. The zero-order valence-corrected chi connectivity index (χ0v) is 12.0. The summed E-state index contributed by atoms with van der Waals surface area (Å²) in [7, 11) is 0. The van der Waals surface area contributed by atoms with Gasteiger partial charge in [-0.05, 0) is 65.1 Å². The van der Waals surface area contributed by atoms with Gasteiger partial charge in [0.1, 0.15) is 5.82 Å². The molecule has 1 N–H and O–H groups in total. The standard InChI is InChI=1S/C13H8ClFINO/c14-9-3-6-12(11(15)7-9)17-13(18)8-1-4-10(16)5-2-8/h1-7H,(H,17,18). The van der Waals surface area contributed by atoms with Crippen LogP contribution < -0.4 is 5.32 Å². The van der Waals surface area contributed by atoms with Gasteiger partial charge in [-0.3, -0.25) is 4.79 Å². The van der Waals surface area contributed by atoms with E-state index in [1.165, 1.54) is 12.1 Å². The molecule has 0 radical (unpaired) electrons. The van der Waals surface area contributed by atoms with Crippen LogP contribution in [0.25, 0.3) is 0 Å². The summed E-state index contributed by atoms with van der Waals surface area (Å²) in [5.74, 6) is -0.908. The predicted octanol–water partition coefficient (Wildman–Crippen LogP) is 4.34. The Morgan fingerprint density at radius 3 is 2.44 bits per heavy atom. The SMILES string of the molecule is O=C(Nc1ccc(Cl)cc1F)c1ccc(I)cc1. The summed E-state index contributed by atoms with van der Waals surface area (Å²) in [6.45, 7) is 0. The number of carbonyl (C=O) groups excluding carboxylic acids is 1. The van der Waals surface area contributed by atoms with E-state index in [0.717, 1.165) is 9.64 Å². The van der Waals surface area contributed by atoms with Gasteiger partial charge in [0.05, 0.1) is 5.69 Å². The van der Waals surface area contributed by atoms with Crippen molar-refractivity contribution in [1.29, 1.82) is 0 Å². The Bertz CT molecular complexity index is 586. The number of hydrogen-bond acceptors (Lipinski definition) is 1. The first-order valence-corrected chi connectivity index (χ1v) is 6.54. The van der Waals surface area contributed by atoms with Gasteiger partial charge in [-0.25, -0.2) is 4.39 Å². The van der Waals surface area contributed by atoms with Crippen molar-refractivity contribution in [3.8, 4) is 0 Å². The second kappa shape index (κ2) is 5.67. The molecule has 0 aliphatic carbocycles. The molecule has 1 amide bonds. The van der Waals surface area contributed by atoms with Gasteiger partial charge in [0.25, 0.3) is 5.91 Å². The third kappa shape index (κ3) is 3.20. The van der Waals surface area contributed by atoms with E-state index in [0.29, 0.717) is 10.6 Å². The molecule has 0 bridgehead atoms. The summed E-state index contributed by atoms with van der Waals surface area (Å²) < 4.78 is 14.5. The van der Waals surface area contributed by atoms with Crippen LogP contribution in [0, 0.1) is 9.39 Å². The summed E-state index contributed by atoms with van der Waals surface area (Å²) in [6.07, 6.45) is 0. The highest BCUT2D eigenvalue weighted by Crippen LogP contribution is 2.19. The normalized spacial score (nSPS) is 10.2. The number of amides is 1. The van der Waals surface area contributed by atoms with Gasteiger partial charge in [-0.1, -0.05) is 11.6 Å². The van der Waals surface area contributed by atoms with Crippen LogP contribution in [0.15, 0.2) is 42.5 Å². The number of anilines is 1. The molecule has 0 fully saturated rings. The second-order valence-corrected chi connectivity index (χ2v) is 5.27. The minimum absolute atomic E-state index is 0.114. The molecular weight excluding hydrogens is 368 g/mol. The van der Waals surface area contributed by atoms with E-state index in [9.17, 15) is 9.18 Å². The van der Waals surface area contributed by atoms with Crippen molar-refractivity contribution in [1.82, 2.24) is 0 Å². The lowest BCUT2D eigenvalue weighted by Crippen LogP contribution is -2.12. The first kappa shape index (κ1) is 13.3. The van der Waals surface area contributed by atoms with Crippen LogP contribution >= 0.6 is 34.2 Å². The van der Waals surface area contributed by atoms with E-state index in [4.69, 9.17) is 11.6 Å². The quantitative estimate of drug-likeness (QED) is 0.778. The van der Waals surface area contributed by atoms with Gasteiger partial charge < -0.3 is 5.32 Å². The lowest BCUT2D eigenvalue weighted by Gasteiger charge is -2.06. The number of halogens is 3. The Morgan fingerprint density at radius 2 is 1.83 bits per heavy atom. The van der Waals surface area contributed by atoms with Crippen molar-refractivity contribution in [3.63, 3.8) is 0 Å². The minimum atomic E-state index is -0.554. The Kier molecular flexibility index (Phi) is 4.19. The summed E-state index contributed by atoms with van der Waals surface area (Å²) in [4.78, 5) is 11.8. The van der Waals surface area contributed by atoms with Crippen LogP contribution in [0.3, 0.4) is 0 Å². The van der Waals surface area contributed by atoms with Gasteiger partial charge >= 0.3 is 0 Å². The van der Waals surface area contributed by atoms with Crippen molar-refractivity contribution >= 4 is 45.8 Å². The van der Waals surface area contributed by atoms with Crippen molar-refractivity contribution < 1.29 is 9.18 Å². The second-order valence-electron chi connectivity index (χ2n) is 3.59. The molecule has 0 saturated heterocycles. The van der Waals surface area contributed by atoms with E-state index >= 15 is 0 Å². The first-order chi connectivity index (χ1) is 8.56. The van der Waals surface area contributed by atoms with Gasteiger partial charge in [-0.15, -0.1) is 0 Å². The smallest absolute Gasteiger partial charge is 0.255 e. The van der Waals surface area contributed by atoms with Gasteiger partial charge in [-0.2, -0.15) is 0 Å². The molecule has 2 aromatic rings. The third-order valence-corrected chi connectivity index (χ3v) is 3.24. The van der Waals surface area contributed by atoms with Crippen LogP contribution in [0.4, 0.5) is 10.1 Å². The van der Waals surface area contributed by atoms with Crippen molar-refractivity contribution in [3.05, 3.63) is 62.4 Å². The number of carbonyl (C=O) groups is 1. The monoisotopic (exact) mass is 375 g/mol. The third-order valence-electron chi connectivity index (χ3n) is 2.29. The largest absolute Gasteiger partial charge is 0.319 e. The van der Waals surface area contributed by atoms with Gasteiger partial charge in [0.15, 0.2) is 0 Å². The summed E-state index contributed by atoms with van der Waals surface area (Å²) in [5.41, 5.74) is 0.590. The maximum absolute atomic E-state index is 13.5. The highest BCUT2D eigenvalue weighted by atomic mass is 127. The maximum Gasteiger partial charge on any atom is 0.255 e. The van der Waals surface area contributed by atoms with E-state index < -0.39 is 5.82 Å². The molecule has 0 aromatic heterocycles. The zero-order valence-electron chi connectivity index (χ0n) is 9.08. The molecule has 0 atom stereocenters. The van der Waals surface area contributed by atoms with Crippen molar-refractivity contribution in [2.45, 2.75) is 0 Å². The van der Waals surface area contributed by atoms with E-state index in [-0.39, 0.29) is 11.6 Å². The average molecular weight is 376 g/mol. The van der Waals surface area contributed by atoms with Crippen molar-refractivity contribution in [2.24, 2.45) is 0 Å². The molecule has 2 aromatic carbocycles. The molecule has 18 heavy (non-hydrogen) atoms. The number of benzene rings is 2. The fourth-order valence-electron chi connectivity index (χ4n) is 1.39. The number of rotatable bonds is 2. The molecule has 92 valence electrons. The van der Waals surface area contributed by atoms with E-state index in [1.54, 1.807) is 12.1 Å². The molecule has 2 nitrogen and oxygen atoms in total. The molecule has 0 spiro atoms. The lowest BCUT2D eigenvalue weighted by atomic mass is 10.2. The Morgan fingerprint density at radius 1 is 1.17 bits per heavy atom. The molecule has 0 unspecified atom stereocenters. The van der Waals surface area contributed by atoms with Crippen LogP contribution in [0.1, 0.15) is 10.4 Å². The maximum atomic E-state index is 13.5. The molecule has 2 rings (SSSR count). The molecule has 5 heteroatoms. The summed E-state index contributed by atoms with van der Waals surface area (Å²) in [5, 5.41) is 2.79. The Hall–Kier alpha value is -1.14. The first-order valence-electron chi connectivity index (χ1n) is 5.08. The van der Waals surface area contributed by atoms with E-state index in [2.05, 4.69) is 27.9 Å². The fraction of sp³-hybridized carbons (Fsp3) is 0. The molecule has 0 aliphatic heterocycles. The predicted molar refractivity (Wildman–Crippen MR) is 78.5 cm³/mol. The van der Waals surface area contributed by atoms with Crippen molar-refractivity contribution in [2.75, 3.05) is 5.32 Å². The van der Waals surface area contributed by atoms with Crippen LogP contribution in [-0.2, 0) is 0 Å². The highest BCUT2D eigenvalue weighted by molar-refractivity contribution is 14.1. The summed E-state index contributed by atoms with van der Waals surface area (Å²) in [6, 6.07) is 11.1.